The van der Waals surface area contributed by atoms with Crippen LogP contribution >= 0.6 is 12.4 Å². The molecule has 0 aliphatic carbocycles. The van der Waals surface area contributed by atoms with Gasteiger partial charge < -0.3 is 20.5 Å². The second-order valence-electron chi connectivity index (χ2n) is 5.12. The van der Waals surface area contributed by atoms with Gasteiger partial charge in [0, 0.05) is 24.3 Å². The molecule has 2 aliphatic heterocycles. The Morgan fingerprint density at radius 1 is 1.38 bits per heavy atom. The highest BCUT2D eigenvalue weighted by atomic mass is 35.5. The van der Waals surface area contributed by atoms with Crippen LogP contribution in [0.15, 0.2) is 18.2 Å². The molecule has 1 fully saturated rings. The molecule has 2 heterocycles. The van der Waals surface area contributed by atoms with Gasteiger partial charge in [0.05, 0.1) is 6.54 Å². The Hall–Kier alpha value is -1.50. The predicted molar refractivity (Wildman–Crippen MR) is 82.1 cm³/mol. The van der Waals surface area contributed by atoms with E-state index in [2.05, 4.69) is 10.2 Å². The molecule has 1 amide bonds. The molecule has 0 saturated carbocycles. The van der Waals surface area contributed by atoms with Crippen LogP contribution in [0.25, 0.3) is 0 Å². The molecule has 1 unspecified atom stereocenters. The number of halogens is 1. The number of hydrogen-bond acceptors (Lipinski definition) is 5. The topological polar surface area (TPSA) is 76.8 Å². The Kier molecular flexibility index (Phi) is 5.27. The summed E-state index contributed by atoms with van der Waals surface area (Å²) in [6, 6.07) is 5.73. The number of fused-ring (bicyclic) bond motifs is 1. The van der Waals surface area contributed by atoms with E-state index in [-0.39, 0.29) is 25.1 Å². The number of rotatable bonds is 4. The van der Waals surface area contributed by atoms with Crippen molar-refractivity contribution in [1.82, 2.24) is 4.90 Å². The van der Waals surface area contributed by atoms with Crippen LogP contribution in [0.3, 0.4) is 0 Å². The molecule has 6 nitrogen and oxygen atoms in total. The standard InChI is InChI=1S/C14H19N3O3.ClH/c15-7-11-2-1-5-17(11)8-14(18)16-10-3-4-12-13(6-10)20-9-19-12;/h3-4,6,11H,1-2,5,7-9,15H2,(H,16,18);1H. The quantitative estimate of drug-likeness (QED) is 0.873. The maximum atomic E-state index is 12.1. The van der Waals surface area contributed by atoms with Gasteiger partial charge in [0.2, 0.25) is 12.7 Å². The second kappa shape index (κ2) is 6.98. The summed E-state index contributed by atoms with van der Waals surface area (Å²) >= 11 is 0. The van der Waals surface area contributed by atoms with E-state index in [9.17, 15) is 4.79 Å². The summed E-state index contributed by atoms with van der Waals surface area (Å²) < 4.78 is 10.5. The Morgan fingerprint density at radius 3 is 3.00 bits per heavy atom. The van der Waals surface area contributed by atoms with E-state index < -0.39 is 0 Å². The first-order valence-electron chi connectivity index (χ1n) is 6.90. The van der Waals surface area contributed by atoms with Gasteiger partial charge >= 0.3 is 0 Å². The van der Waals surface area contributed by atoms with Crippen molar-refractivity contribution < 1.29 is 14.3 Å². The Morgan fingerprint density at radius 2 is 2.19 bits per heavy atom. The van der Waals surface area contributed by atoms with Crippen LogP contribution in [0.4, 0.5) is 5.69 Å². The minimum absolute atomic E-state index is 0. The number of ether oxygens (including phenoxy) is 2. The maximum Gasteiger partial charge on any atom is 0.238 e. The lowest BCUT2D eigenvalue weighted by atomic mass is 10.2. The lowest BCUT2D eigenvalue weighted by Crippen LogP contribution is -2.40. The zero-order chi connectivity index (χ0) is 13.9. The largest absolute Gasteiger partial charge is 0.454 e. The number of nitrogens with two attached hydrogens (primary N) is 1. The average molecular weight is 314 g/mol. The van der Waals surface area contributed by atoms with Crippen molar-refractivity contribution in [3.05, 3.63) is 18.2 Å². The monoisotopic (exact) mass is 313 g/mol. The van der Waals surface area contributed by atoms with Gasteiger partial charge in [0.25, 0.3) is 0 Å². The molecule has 7 heteroatoms. The number of hydrogen-bond donors (Lipinski definition) is 2. The number of likely N-dealkylation sites (tertiary alicyclic amines) is 1. The summed E-state index contributed by atoms with van der Waals surface area (Å²) in [5, 5.41) is 2.89. The van der Waals surface area contributed by atoms with Crippen molar-refractivity contribution in [3.63, 3.8) is 0 Å². The Bertz CT molecular complexity index is 512. The summed E-state index contributed by atoms with van der Waals surface area (Å²) in [6.07, 6.45) is 2.19. The zero-order valence-corrected chi connectivity index (χ0v) is 12.5. The van der Waals surface area contributed by atoms with Crippen molar-refractivity contribution in [1.29, 1.82) is 0 Å². The molecule has 2 aliphatic rings. The van der Waals surface area contributed by atoms with Gasteiger partial charge in [-0.15, -0.1) is 12.4 Å². The highest BCUT2D eigenvalue weighted by Gasteiger charge is 2.25. The maximum absolute atomic E-state index is 12.1. The van der Waals surface area contributed by atoms with Crippen LogP contribution in [0.5, 0.6) is 11.5 Å². The third kappa shape index (κ3) is 3.58. The number of nitrogens with one attached hydrogen (secondary N) is 1. The van der Waals surface area contributed by atoms with Gasteiger partial charge in [-0.1, -0.05) is 0 Å². The lowest BCUT2D eigenvalue weighted by molar-refractivity contribution is -0.117. The van der Waals surface area contributed by atoms with Crippen molar-refractivity contribution in [2.24, 2.45) is 5.73 Å². The first-order valence-corrected chi connectivity index (χ1v) is 6.90. The summed E-state index contributed by atoms with van der Waals surface area (Å²) in [4.78, 5) is 14.2. The molecule has 1 aromatic rings. The number of anilines is 1. The molecular weight excluding hydrogens is 294 g/mol. The third-order valence-corrected chi connectivity index (χ3v) is 3.77. The summed E-state index contributed by atoms with van der Waals surface area (Å²) in [7, 11) is 0. The van der Waals surface area contributed by atoms with E-state index in [1.54, 1.807) is 12.1 Å². The Labute approximate surface area is 130 Å². The van der Waals surface area contributed by atoms with Crippen molar-refractivity contribution in [3.8, 4) is 11.5 Å². The highest BCUT2D eigenvalue weighted by Crippen LogP contribution is 2.34. The van der Waals surface area contributed by atoms with Crippen LogP contribution < -0.4 is 20.5 Å². The number of nitrogens with zero attached hydrogens (tertiary/aromatic N) is 1. The van der Waals surface area contributed by atoms with Crippen LogP contribution in [0.1, 0.15) is 12.8 Å². The zero-order valence-electron chi connectivity index (χ0n) is 11.7. The molecule has 0 bridgehead atoms. The molecule has 3 N–H and O–H groups in total. The fraction of sp³-hybridized carbons (Fsp3) is 0.500. The van der Waals surface area contributed by atoms with Gasteiger partial charge in [-0.2, -0.15) is 0 Å². The SMILES string of the molecule is Cl.NCC1CCCN1CC(=O)Nc1ccc2c(c1)OCO2. The smallest absolute Gasteiger partial charge is 0.238 e. The molecule has 21 heavy (non-hydrogen) atoms. The van der Waals surface area contributed by atoms with Gasteiger partial charge in [-0.3, -0.25) is 9.69 Å². The average Bonchev–Trinajstić information content (AvgIpc) is 3.06. The number of benzene rings is 1. The molecule has 1 saturated heterocycles. The van der Waals surface area contributed by atoms with Crippen LogP contribution in [0.2, 0.25) is 0 Å². The molecule has 3 rings (SSSR count). The third-order valence-electron chi connectivity index (χ3n) is 3.77. The number of amides is 1. The first kappa shape index (κ1) is 15.9. The van der Waals surface area contributed by atoms with Gasteiger partial charge in [-0.25, -0.2) is 0 Å². The van der Waals surface area contributed by atoms with E-state index in [0.29, 0.717) is 30.6 Å². The first-order chi connectivity index (χ1) is 9.76. The van der Waals surface area contributed by atoms with Crippen LogP contribution in [-0.4, -0.2) is 43.3 Å². The van der Waals surface area contributed by atoms with Gasteiger partial charge in [-0.05, 0) is 31.5 Å². The minimum Gasteiger partial charge on any atom is -0.454 e. The van der Waals surface area contributed by atoms with E-state index in [1.807, 2.05) is 6.07 Å². The molecular formula is C14H20ClN3O3. The lowest BCUT2D eigenvalue weighted by Gasteiger charge is -2.22. The van der Waals surface area contributed by atoms with E-state index >= 15 is 0 Å². The predicted octanol–water partition coefficient (Wildman–Crippen LogP) is 1.20. The van der Waals surface area contributed by atoms with Gasteiger partial charge in [0.15, 0.2) is 11.5 Å². The van der Waals surface area contributed by atoms with E-state index in [4.69, 9.17) is 15.2 Å². The van der Waals surface area contributed by atoms with E-state index in [0.717, 1.165) is 25.1 Å². The molecule has 1 atom stereocenters. The normalized spacial score (nSPS) is 20.1. The Balaban J connectivity index is 0.00000161. The van der Waals surface area contributed by atoms with Crippen molar-refractivity contribution in [2.75, 3.05) is 31.7 Å². The van der Waals surface area contributed by atoms with Crippen molar-refractivity contribution in [2.45, 2.75) is 18.9 Å². The fourth-order valence-electron chi connectivity index (χ4n) is 2.73. The highest BCUT2D eigenvalue weighted by molar-refractivity contribution is 5.92. The molecule has 0 spiro atoms. The number of carbonyl (C=O) groups is 1. The van der Waals surface area contributed by atoms with E-state index in [1.165, 1.54) is 0 Å². The molecule has 116 valence electrons. The molecule has 1 aromatic carbocycles. The number of carbonyl (C=O) groups excluding carboxylic acids is 1. The summed E-state index contributed by atoms with van der Waals surface area (Å²) in [6.45, 7) is 2.17. The molecule has 0 radical (unpaired) electrons. The summed E-state index contributed by atoms with van der Waals surface area (Å²) in [5.74, 6) is 1.36. The minimum atomic E-state index is -0.0239. The summed E-state index contributed by atoms with van der Waals surface area (Å²) in [5.41, 5.74) is 6.43. The fourth-order valence-corrected chi connectivity index (χ4v) is 2.73. The molecule has 0 aromatic heterocycles. The van der Waals surface area contributed by atoms with Gasteiger partial charge in [0.1, 0.15) is 0 Å². The van der Waals surface area contributed by atoms with Crippen LogP contribution in [0, 0.1) is 0 Å². The second-order valence-corrected chi connectivity index (χ2v) is 5.12. The van der Waals surface area contributed by atoms with Crippen LogP contribution in [-0.2, 0) is 4.79 Å². The van der Waals surface area contributed by atoms with Crippen molar-refractivity contribution >= 4 is 24.0 Å².